The maximum Gasteiger partial charge on any atom is 0.322 e. The second kappa shape index (κ2) is 4.37. The molecule has 0 fully saturated rings. The van der Waals surface area contributed by atoms with Crippen LogP contribution in [0.2, 0.25) is 0 Å². The molecule has 0 aliphatic carbocycles. The van der Waals surface area contributed by atoms with Crippen molar-refractivity contribution in [1.29, 1.82) is 0 Å². The van der Waals surface area contributed by atoms with Crippen LogP contribution in [0.4, 0.5) is 0 Å². The van der Waals surface area contributed by atoms with Crippen molar-refractivity contribution in [2.24, 2.45) is 0 Å². The maximum atomic E-state index is 5.58. The van der Waals surface area contributed by atoms with Crippen LogP contribution >= 0.6 is 0 Å². The van der Waals surface area contributed by atoms with E-state index in [1.54, 1.807) is 18.6 Å². The van der Waals surface area contributed by atoms with Gasteiger partial charge in [-0.1, -0.05) is 0 Å². The molecule has 0 unspecified atom stereocenters. The average Bonchev–Trinajstić information content (AvgIpc) is 2.39. The van der Waals surface area contributed by atoms with Crippen LogP contribution in [0.25, 0.3) is 11.0 Å². The number of benzene rings is 1. The van der Waals surface area contributed by atoms with Crippen molar-refractivity contribution in [2.45, 2.75) is 6.92 Å². The van der Waals surface area contributed by atoms with Crippen molar-refractivity contribution in [3.8, 4) is 11.8 Å². The molecule has 1 aromatic carbocycles. The van der Waals surface area contributed by atoms with Gasteiger partial charge in [0.1, 0.15) is 5.75 Å². The van der Waals surface area contributed by atoms with Crippen LogP contribution in [0.1, 0.15) is 5.69 Å². The Balaban J connectivity index is 1.95. The molecule has 2 aromatic heterocycles. The summed E-state index contributed by atoms with van der Waals surface area (Å²) in [6, 6.07) is 7.64. The Morgan fingerprint density at radius 2 is 1.72 bits per heavy atom. The van der Waals surface area contributed by atoms with E-state index >= 15 is 0 Å². The number of ether oxygens (including phenoxy) is 1. The third-order valence-electron chi connectivity index (χ3n) is 2.42. The van der Waals surface area contributed by atoms with Gasteiger partial charge < -0.3 is 4.74 Å². The highest BCUT2D eigenvalue weighted by molar-refractivity contribution is 5.75. The molecule has 2 heterocycles. The normalized spacial score (nSPS) is 10.5. The molecule has 3 rings (SSSR count). The molecule has 3 aromatic rings. The maximum absolute atomic E-state index is 5.58. The van der Waals surface area contributed by atoms with Gasteiger partial charge in [0.2, 0.25) is 0 Å². The Morgan fingerprint density at radius 3 is 2.56 bits per heavy atom. The van der Waals surface area contributed by atoms with E-state index in [0.717, 1.165) is 16.7 Å². The molecule has 0 N–H and O–H groups in total. The van der Waals surface area contributed by atoms with Gasteiger partial charge in [-0.05, 0) is 25.1 Å². The first kappa shape index (κ1) is 10.6. The van der Waals surface area contributed by atoms with Crippen molar-refractivity contribution in [3.05, 3.63) is 48.5 Å². The van der Waals surface area contributed by atoms with Gasteiger partial charge in [0.25, 0.3) is 0 Å². The molecule has 0 saturated carbocycles. The molecule has 0 atom stereocenters. The summed E-state index contributed by atoms with van der Waals surface area (Å²) in [5.41, 5.74) is 2.47. The zero-order valence-corrected chi connectivity index (χ0v) is 9.74. The van der Waals surface area contributed by atoms with Gasteiger partial charge in [-0.3, -0.25) is 9.97 Å². The van der Waals surface area contributed by atoms with Gasteiger partial charge in [-0.25, -0.2) is 9.97 Å². The molecule has 0 spiro atoms. The second-order valence-electron chi connectivity index (χ2n) is 3.79. The molecule has 0 radical (unpaired) electrons. The first-order valence-electron chi connectivity index (χ1n) is 5.49. The number of fused-ring (bicyclic) bond motifs is 1. The fourth-order valence-electron chi connectivity index (χ4n) is 1.59. The lowest BCUT2D eigenvalue weighted by Gasteiger charge is -2.04. The minimum Gasteiger partial charge on any atom is -0.424 e. The lowest BCUT2D eigenvalue weighted by molar-refractivity contribution is 0.441. The van der Waals surface area contributed by atoms with E-state index in [9.17, 15) is 0 Å². The number of nitrogens with zero attached hydrogens (tertiary/aromatic N) is 4. The van der Waals surface area contributed by atoms with Crippen LogP contribution < -0.4 is 4.74 Å². The number of aryl methyl sites for hydroxylation is 1. The van der Waals surface area contributed by atoms with Gasteiger partial charge in [0.05, 0.1) is 11.0 Å². The molecule has 88 valence electrons. The van der Waals surface area contributed by atoms with Crippen LogP contribution in [-0.4, -0.2) is 19.9 Å². The van der Waals surface area contributed by atoms with Crippen molar-refractivity contribution in [3.63, 3.8) is 0 Å². The van der Waals surface area contributed by atoms with Crippen molar-refractivity contribution >= 4 is 11.0 Å². The third-order valence-corrected chi connectivity index (χ3v) is 2.42. The first-order valence-corrected chi connectivity index (χ1v) is 5.49. The fraction of sp³-hybridized carbons (Fsp3) is 0.0769. The minimum atomic E-state index is 0.332. The predicted molar refractivity (Wildman–Crippen MR) is 66.4 cm³/mol. The van der Waals surface area contributed by atoms with E-state index < -0.39 is 0 Å². The molecule has 5 heteroatoms. The largest absolute Gasteiger partial charge is 0.424 e. The Kier molecular flexibility index (Phi) is 2.57. The summed E-state index contributed by atoms with van der Waals surface area (Å²) in [6.45, 7) is 1.89. The monoisotopic (exact) mass is 238 g/mol. The summed E-state index contributed by atoms with van der Waals surface area (Å²) in [5, 5.41) is 0. The van der Waals surface area contributed by atoms with E-state index in [1.165, 1.54) is 0 Å². The van der Waals surface area contributed by atoms with Crippen LogP contribution in [0.15, 0.2) is 42.9 Å². The number of hydrogen-bond acceptors (Lipinski definition) is 5. The topological polar surface area (TPSA) is 60.8 Å². The van der Waals surface area contributed by atoms with E-state index in [1.807, 2.05) is 31.2 Å². The summed E-state index contributed by atoms with van der Waals surface area (Å²) in [4.78, 5) is 16.6. The predicted octanol–water partition coefficient (Wildman–Crippen LogP) is 2.52. The van der Waals surface area contributed by atoms with Crippen LogP contribution in [0, 0.1) is 6.92 Å². The fourth-order valence-corrected chi connectivity index (χ4v) is 1.59. The second-order valence-corrected chi connectivity index (χ2v) is 3.79. The van der Waals surface area contributed by atoms with E-state index in [-0.39, 0.29) is 0 Å². The molecule has 0 amide bonds. The highest BCUT2D eigenvalue weighted by Gasteiger charge is 2.02. The molecule has 0 aliphatic heterocycles. The van der Waals surface area contributed by atoms with Crippen molar-refractivity contribution in [2.75, 3.05) is 0 Å². The Hall–Kier alpha value is -2.56. The highest BCUT2D eigenvalue weighted by Crippen LogP contribution is 2.21. The van der Waals surface area contributed by atoms with Gasteiger partial charge in [-0.2, -0.15) is 0 Å². The summed E-state index contributed by atoms with van der Waals surface area (Å²) in [7, 11) is 0. The summed E-state index contributed by atoms with van der Waals surface area (Å²) < 4.78 is 5.58. The zero-order chi connectivity index (χ0) is 12.4. The van der Waals surface area contributed by atoms with E-state index in [2.05, 4.69) is 19.9 Å². The summed E-state index contributed by atoms with van der Waals surface area (Å²) in [6.07, 6.45) is 4.97. The SMILES string of the molecule is Cc1ccnc(Oc2ccc3nccnc3c2)n1. The standard InChI is InChI=1S/C13H10N4O/c1-9-4-5-16-13(17-9)18-10-2-3-11-12(8-10)15-7-6-14-11/h2-8H,1H3. The Morgan fingerprint density at radius 1 is 0.889 bits per heavy atom. The smallest absolute Gasteiger partial charge is 0.322 e. The van der Waals surface area contributed by atoms with Crippen LogP contribution in [0.3, 0.4) is 0 Å². The number of aromatic nitrogens is 4. The minimum absolute atomic E-state index is 0.332. The molecule has 0 saturated heterocycles. The average molecular weight is 238 g/mol. The molecular formula is C13H10N4O. The first-order chi connectivity index (χ1) is 8.81. The summed E-state index contributed by atoms with van der Waals surface area (Å²) >= 11 is 0. The zero-order valence-electron chi connectivity index (χ0n) is 9.74. The molecular weight excluding hydrogens is 228 g/mol. The Labute approximate surface area is 104 Å². The molecule has 0 aliphatic rings. The lowest BCUT2D eigenvalue weighted by atomic mass is 10.3. The Bertz CT molecular complexity index is 699. The molecule has 0 bridgehead atoms. The van der Waals surface area contributed by atoms with E-state index in [0.29, 0.717) is 11.8 Å². The van der Waals surface area contributed by atoms with Gasteiger partial charge in [0, 0.05) is 30.4 Å². The molecule has 5 nitrogen and oxygen atoms in total. The van der Waals surface area contributed by atoms with Crippen molar-refractivity contribution in [1.82, 2.24) is 19.9 Å². The van der Waals surface area contributed by atoms with Gasteiger partial charge >= 0.3 is 6.01 Å². The number of hydrogen-bond donors (Lipinski definition) is 0. The van der Waals surface area contributed by atoms with Crippen molar-refractivity contribution < 1.29 is 4.74 Å². The van der Waals surface area contributed by atoms with Crippen LogP contribution in [-0.2, 0) is 0 Å². The van der Waals surface area contributed by atoms with E-state index in [4.69, 9.17) is 4.74 Å². The van der Waals surface area contributed by atoms with Gasteiger partial charge in [-0.15, -0.1) is 0 Å². The third kappa shape index (κ3) is 2.10. The number of rotatable bonds is 2. The van der Waals surface area contributed by atoms with Gasteiger partial charge in [0.15, 0.2) is 0 Å². The highest BCUT2D eigenvalue weighted by atomic mass is 16.5. The quantitative estimate of drug-likeness (QED) is 0.686. The molecule has 18 heavy (non-hydrogen) atoms. The summed E-state index contributed by atoms with van der Waals surface area (Å²) in [5.74, 6) is 0.647. The lowest BCUT2D eigenvalue weighted by Crippen LogP contribution is -1.93. The van der Waals surface area contributed by atoms with Crippen LogP contribution in [0.5, 0.6) is 11.8 Å².